The van der Waals surface area contributed by atoms with Gasteiger partial charge in [0.1, 0.15) is 0 Å². The summed E-state index contributed by atoms with van der Waals surface area (Å²) in [4.78, 5) is 23.4. The van der Waals surface area contributed by atoms with Gasteiger partial charge in [-0.05, 0) is 29.2 Å². The summed E-state index contributed by atoms with van der Waals surface area (Å²) < 4.78 is 38.5. The lowest BCUT2D eigenvalue weighted by atomic mass is 9.92. The van der Waals surface area contributed by atoms with Gasteiger partial charge >= 0.3 is 6.18 Å². The molecule has 0 aliphatic carbocycles. The quantitative estimate of drug-likeness (QED) is 0.767. The third kappa shape index (κ3) is 6.99. The number of nitrogens with two attached hydrogens (primary N) is 1. The molecule has 134 valence electrons. The SMILES string of the molecule is CC(C)(C)CC(=O)NCC(=O)Nc1cc(CN)cc(C(F)(F)F)c1. The Kier molecular flexibility index (Phi) is 6.36. The Morgan fingerprint density at radius 2 is 1.71 bits per heavy atom. The smallest absolute Gasteiger partial charge is 0.347 e. The molecule has 1 rings (SSSR count). The van der Waals surface area contributed by atoms with Crippen molar-refractivity contribution in [2.75, 3.05) is 11.9 Å². The highest BCUT2D eigenvalue weighted by Crippen LogP contribution is 2.32. The van der Waals surface area contributed by atoms with Crippen molar-refractivity contribution in [3.63, 3.8) is 0 Å². The number of rotatable bonds is 5. The van der Waals surface area contributed by atoms with Crippen LogP contribution in [0.3, 0.4) is 0 Å². The van der Waals surface area contributed by atoms with E-state index in [2.05, 4.69) is 10.6 Å². The number of benzene rings is 1. The topological polar surface area (TPSA) is 84.2 Å². The van der Waals surface area contributed by atoms with Gasteiger partial charge in [0.05, 0.1) is 12.1 Å². The molecule has 1 aromatic rings. The Bertz CT molecular complexity index is 608. The van der Waals surface area contributed by atoms with Gasteiger partial charge in [0.25, 0.3) is 0 Å². The normalized spacial score (nSPS) is 12.0. The van der Waals surface area contributed by atoms with Crippen LogP contribution in [0.1, 0.15) is 38.3 Å². The second-order valence-electron chi connectivity index (χ2n) is 6.68. The molecule has 0 heterocycles. The van der Waals surface area contributed by atoms with Crippen LogP contribution < -0.4 is 16.4 Å². The summed E-state index contributed by atoms with van der Waals surface area (Å²) in [6, 6.07) is 3.12. The zero-order valence-electron chi connectivity index (χ0n) is 13.9. The van der Waals surface area contributed by atoms with E-state index in [1.165, 1.54) is 6.07 Å². The Morgan fingerprint density at radius 1 is 1.08 bits per heavy atom. The largest absolute Gasteiger partial charge is 0.416 e. The summed E-state index contributed by atoms with van der Waals surface area (Å²) in [6.07, 6.45) is -4.30. The van der Waals surface area contributed by atoms with Crippen LogP contribution in [0.2, 0.25) is 0 Å². The van der Waals surface area contributed by atoms with E-state index in [0.29, 0.717) is 0 Å². The number of halogens is 3. The number of carbonyl (C=O) groups excluding carboxylic acids is 2. The van der Waals surface area contributed by atoms with Crippen LogP contribution in [0.25, 0.3) is 0 Å². The van der Waals surface area contributed by atoms with E-state index in [1.54, 1.807) is 0 Å². The highest BCUT2D eigenvalue weighted by atomic mass is 19.4. The lowest BCUT2D eigenvalue weighted by Gasteiger charge is -2.17. The number of alkyl halides is 3. The molecule has 5 nitrogen and oxygen atoms in total. The van der Waals surface area contributed by atoms with Gasteiger partial charge in [-0.15, -0.1) is 0 Å². The lowest BCUT2D eigenvalue weighted by Crippen LogP contribution is -2.34. The molecule has 0 saturated heterocycles. The predicted molar refractivity (Wildman–Crippen MR) is 85.0 cm³/mol. The van der Waals surface area contributed by atoms with Crippen molar-refractivity contribution in [2.45, 2.75) is 39.9 Å². The van der Waals surface area contributed by atoms with Gasteiger partial charge < -0.3 is 16.4 Å². The second-order valence-corrected chi connectivity index (χ2v) is 6.68. The van der Waals surface area contributed by atoms with E-state index in [1.807, 2.05) is 20.8 Å². The fourth-order valence-electron chi connectivity index (χ4n) is 1.97. The van der Waals surface area contributed by atoms with E-state index in [-0.39, 0.29) is 42.1 Å². The zero-order chi connectivity index (χ0) is 18.5. The average Bonchev–Trinajstić information content (AvgIpc) is 2.42. The molecule has 0 aliphatic rings. The molecule has 24 heavy (non-hydrogen) atoms. The molecule has 0 unspecified atom stereocenters. The summed E-state index contributed by atoms with van der Waals surface area (Å²) in [6.45, 7) is 5.23. The first kappa shape index (κ1) is 20.0. The number of hydrogen-bond donors (Lipinski definition) is 3. The van der Waals surface area contributed by atoms with Crippen LogP contribution in [-0.2, 0) is 22.3 Å². The summed E-state index contributed by atoms with van der Waals surface area (Å²) in [5.41, 5.74) is 4.50. The van der Waals surface area contributed by atoms with Crippen LogP contribution in [0.5, 0.6) is 0 Å². The highest BCUT2D eigenvalue weighted by Gasteiger charge is 2.31. The lowest BCUT2D eigenvalue weighted by molar-refractivity contribution is -0.137. The molecule has 0 radical (unpaired) electrons. The Labute approximate surface area is 138 Å². The number of amides is 2. The van der Waals surface area contributed by atoms with Crippen molar-refractivity contribution in [1.29, 1.82) is 0 Å². The first-order valence-electron chi connectivity index (χ1n) is 7.38. The van der Waals surface area contributed by atoms with Crippen molar-refractivity contribution in [1.82, 2.24) is 5.32 Å². The second kappa shape index (κ2) is 7.65. The molecule has 2 amide bonds. The van der Waals surface area contributed by atoms with Crippen LogP contribution in [-0.4, -0.2) is 18.4 Å². The standard InChI is InChI=1S/C16H22F3N3O2/c1-15(2,3)7-13(23)21-9-14(24)22-12-5-10(8-20)4-11(6-12)16(17,18)19/h4-6H,7-9,20H2,1-3H3,(H,21,23)(H,22,24). The summed E-state index contributed by atoms with van der Waals surface area (Å²) in [5, 5.41) is 4.77. The molecule has 0 bridgehead atoms. The first-order valence-corrected chi connectivity index (χ1v) is 7.38. The van der Waals surface area contributed by atoms with Crippen molar-refractivity contribution >= 4 is 17.5 Å². The Morgan fingerprint density at radius 3 is 2.21 bits per heavy atom. The van der Waals surface area contributed by atoms with E-state index in [0.717, 1.165) is 12.1 Å². The molecule has 1 aromatic carbocycles. The van der Waals surface area contributed by atoms with Crippen molar-refractivity contribution in [3.8, 4) is 0 Å². The van der Waals surface area contributed by atoms with E-state index >= 15 is 0 Å². The average molecular weight is 345 g/mol. The monoisotopic (exact) mass is 345 g/mol. The maximum atomic E-state index is 12.8. The highest BCUT2D eigenvalue weighted by molar-refractivity contribution is 5.94. The Hall–Kier alpha value is -2.09. The van der Waals surface area contributed by atoms with E-state index in [4.69, 9.17) is 5.73 Å². The fraction of sp³-hybridized carbons (Fsp3) is 0.500. The van der Waals surface area contributed by atoms with Crippen molar-refractivity contribution in [2.24, 2.45) is 11.1 Å². The van der Waals surface area contributed by atoms with Gasteiger partial charge in [-0.1, -0.05) is 20.8 Å². The molecule has 0 atom stereocenters. The molecule has 0 spiro atoms. The van der Waals surface area contributed by atoms with Crippen molar-refractivity contribution in [3.05, 3.63) is 29.3 Å². The van der Waals surface area contributed by atoms with Crippen LogP contribution in [0.15, 0.2) is 18.2 Å². The molecule has 4 N–H and O–H groups in total. The third-order valence-electron chi connectivity index (χ3n) is 2.98. The zero-order valence-corrected chi connectivity index (χ0v) is 13.9. The maximum Gasteiger partial charge on any atom is 0.416 e. The number of hydrogen-bond acceptors (Lipinski definition) is 3. The minimum atomic E-state index is -4.54. The fourth-order valence-corrected chi connectivity index (χ4v) is 1.97. The molecule has 0 aliphatic heterocycles. The molecule has 0 fully saturated rings. The third-order valence-corrected chi connectivity index (χ3v) is 2.98. The first-order chi connectivity index (χ1) is 10.9. The number of carbonyl (C=O) groups is 2. The molecule has 8 heteroatoms. The summed E-state index contributed by atoms with van der Waals surface area (Å²) >= 11 is 0. The van der Waals surface area contributed by atoms with Crippen LogP contribution in [0.4, 0.5) is 18.9 Å². The summed E-state index contributed by atoms with van der Waals surface area (Å²) in [5.74, 6) is -0.913. The van der Waals surface area contributed by atoms with Gasteiger partial charge in [-0.2, -0.15) is 13.2 Å². The van der Waals surface area contributed by atoms with E-state index < -0.39 is 17.6 Å². The molecule has 0 aromatic heterocycles. The molecule has 0 saturated carbocycles. The summed E-state index contributed by atoms with van der Waals surface area (Å²) in [7, 11) is 0. The number of anilines is 1. The van der Waals surface area contributed by atoms with Gasteiger partial charge in [-0.25, -0.2) is 0 Å². The predicted octanol–water partition coefficient (Wildman–Crippen LogP) is 2.66. The minimum Gasteiger partial charge on any atom is -0.347 e. The van der Waals surface area contributed by atoms with Gasteiger partial charge in [0.2, 0.25) is 11.8 Å². The number of nitrogens with one attached hydrogen (secondary N) is 2. The molecular formula is C16H22F3N3O2. The minimum absolute atomic E-state index is 0.0136. The Balaban J connectivity index is 2.72. The van der Waals surface area contributed by atoms with Crippen molar-refractivity contribution < 1.29 is 22.8 Å². The van der Waals surface area contributed by atoms with Gasteiger partial charge in [0, 0.05) is 18.7 Å². The van der Waals surface area contributed by atoms with Gasteiger partial charge in [-0.3, -0.25) is 9.59 Å². The maximum absolute atomic E-state index is 12.8. The van der Waals surface area contributed by atoms with Gasteiger partial charge in [0.15, 0.2) is 0 Å². The molecular weight excluding hydrogens is 323 g/mol. The van der Waals surface area contributed by atoms with E-state index in [9.17, 15) is 22.8 Å². The van der Waals surface area contributed by atoms with Crippen LogP contribution in [0, 0.1) is 5.41 Å². The van der Waals surface area contributed by atoms with Crippen LogP contribution >= 0.6 is 0 Å².